The average molecular weight is 413 g/mol. The lowest BCUT2D eigenvalue weighted by Crippen LogP contribution is -2.01. The van der Waals surface area contributed by atoms with Gasteiger partial charge in [0.1, 0.15) is 23.9 Å². The number of aromatic amines is 1. The number of aromatic nitrogens is 3. The number of carboxylic acids is 1. The van der Waals surface area contributed by atoms with Gasteiger partial charge in [-0.2, -0.15) is 0 Å². The van der Waals surface area contributed by atoms with Crippen molar-refractivity contribution in [2.24, 2.45) is 0 Å². The van der Waals surface area contributed by atoms with Crippen LogP contribution in [0.3, 0.4) is 0 Å². The molecule has 0 unspecified atom stereocenters. The third-order valence-electron chi connectivity index (χ3n) is 5.05. The molecule has 0 amide bonds. The molecule has 7 heteroatoms. The number of carboxylic acid groups (broad SMARTS) is 1. The summed E-state index contributed by atoms with van der Waals surface area (Å²) in [6.07, 6.45) is 3.42. The molecule has 0 spiro atoms. The second-order valence-corrected chi connectivity index (χ2v) is 7.07. The number of pyridine rings is 2. The van der Waals surface area contributed by atoms with E-state index in [2.05, 4.69) is 15.0 Å². The smallest absolute Gasteiger partial charge is 0.354 e. The maximum atomic E-state index is 13.7. The molecule has 0 radical (unpaired) electrons. The molecule has 3 aromatic heterocycles. The number of H-pyrrole nitrogens is 1. The first-order valence-electron chi connectivity index (χ1n) is 9.56. The highest BCUT2D eigenvalue weighted by Gasteiger charge is 2.17. The Labute approximate surface area is 176 Å². The van der Waals surface area contributed by atoms with Crippen molar-refractivity contribution in [3.63, 3.8) is 0 Å². The molecule has 6 nitrogen and oxygen atoms in total. The molecule has 0 saturated heterocycles. The Kier molecular flexibility index (Phi) is 4.55. The lowest BCUT2D eigenvalue weighted by Gasteiger charge is -2.08. The molecule has 0 aliphatic carbocycles. The quantitative estimate of drug-likeness (QED) is 0.414. The van der Waals surface area contributed by atoms with Crippen LogP contribution in [0.25, 0.3) is 33.1 Å². The third kappa shape index (κ3) is 3.57. The van der Waals surface area contributed by atoms with Crippen LogP contribution in [0.2, 0.25) is 0 Å². The van der Waals surface area contributed by atoms with E-state index >= 15 is 0 Å². The summed E-state index contributed by atoms with van der Waals surface area (Å²) in [5, 5.41) is 10.9. The van der Waals surface area contributed by atoms with Gasteiger partial charge < -0.3 is 14.8 Å². The molecule has 0 saturated carbocycles. The van der Waals surface area contributed by atoms with E-state index in [1.807, 2.05) is 24.3 Å². The standard InChI is InChI=1S/C24H16FN3O3/c25-16-3-6-18-19-12-21(24(29)30)28-22(23(19)27-20(18)11-16)15-1-4-17(5-2-15)31-13-14-7-9-26-10-8-14/h1-12,27H,13H2,(H,29,30). The zero-order chi connectivity index (χ0) is 21.4. The highest BCUT2D eigenvalue weighted by molar-refractivity contribution is 6.12. The van der Waals surface area contributed by atoms with Gasteiger partial charge in [-0.15, -0.1) is 0 Å². The number of hydrogen-bond donors (Lipinski definition) is 2. The molecular weight excluding hydrogens is 397 g/mol. The van der Waals surface area contributed by atoms with Gasteiger partial charge in [-0.25, -0.2) is 14.2 Å². The predicted octanol–water partition coefficient (Wildman–Crippen LogP) is 5.19. The van der Waals surface area contributed by atoms with E-state index in [4.69, 9.17) is 4.74 Å². The minimum atomic E-state index is -1.13. The second kappa shape index (κ2) is 7.53. The maximum Gasteiger partial charge on any atom is 0.354 e. The SMILES string of the molecule is O=C(O)c1cc2c([nH]c3cc(F)ccc32)c(-c2ccc(OCc3ccncc3)cc2)n1. The van der Waals surface area contributed by atoms with Crippen LogP contribution in [-0.2, 0) is 6.61 Å². The van der Waals surface area contributed by atoms with Crippen LogP contribution in [0.1, 0.15) is 16.1 Å². The molecule has 2 N–H and O–H groups in total. The molecule has 3 heterocycles. The van der Waals surface area contributed by atoms with Gasteiger partial charge in [-0.3, -0.25) is 4.98 Å². The van der Waals surface area contributed by atoms with E-state index in [1.54, 1.807) is 30.6 Å². The summed E-state index contributed by atoms with van der Waals surface area (Å²) in [5.41, 5.74) is 3.35. The minimum Gasteiger partial charge on any atom is -0.489 e. The predicted molar refractivity (Wildman–Crippen MR) is 115 cm³/mol. The monoisotopic (exact) mass is 413 g/mol. The number of nitrogens with one attached hydrogen (secondary N) is 1. The van der Waals surface area contributed by atoms with E-state index in [1.165, 1.54) is 18.2 Å². The topological polar surface area (TPSA) is 88.1 Å². The van der Waals surface area contributed by atoms with Crippen LogP contribution in [0.15, 0.2) is 73.1 Å². The third-order valence-corrected chi connectivity index (χ3v) is 5.05. The van der Waals surface area contributed by atoms with E-state index in [0.29, 0.717) is 34.5 Å². The summed E-state index contributed by atoms with van der Waals surface area (Å²) in [4.78, 5) is 23.2. The molecule has 0 fully saturated rings. The van der Waals surface area contributed by atoms with Gasteiger partial charge in [0.15, 0.2) is 0 Å². The summed E-state index contributed by atoms with van der Waals surface area (Å²) in [6, 6.07) is 16.9. The Morgan fingerprint density at radius 2 is 1.77 bits per heavy atom. The van der Waals surface area contributed by atoms with Gasteiger partial charge in [0.2, 0.25) is 0 Å². The Bertz CT molecular complexity index is 1410. The fourth-order valence-electron chi connectivity index (χ4n) is 3.55. The molecule has 0 bridgehead atoms. The summed E-state index contributed by atoms with van der Waals surface area (Å²) >= 11 is 0. The Hall–Kier alpha value is -4.26. The maximum absolute atomic E-state index is 13.7. The number of rotatable bonds is 5. The number of halogens is 1. The summed E-state index contributed by atoms with van der Waals surface area (Å²) < 4.78 is 19.5. The highest BCUT2D eigenvalue weighted by Crippen LogP contribution is 2.33. The van der Waals surface area contributed by atoms with E-state index in [0.717, 1.165) is 16.5 Å². The first kappa shape index (κ1) is 18.7. The highest BCUT2D eigenvalue weighted by atomic mass is 19.1. The first-order chi connectivity index (χ1) is 15.1. The summed E-state index contributed by atoms with van der Waals surface area (Å²) in [6.45, 7) is 0.409. The molecule has 2 aromatic carbocycles. The Morgan fingerprint density at radius 3 is 2.52 bits per heavy atom. The Morgan fingerprint density at radius 1 is 1.00 bits per heavy atom. The van der Waals surface area contributed by atoms with Crippen molar-refractivity contribution in [3.05, 3.63) is 90.1 Å². The van der Waals surface area contributed by atoms with Crippen molar-refractivity contribution < 1.29 is 19.0 Å². The van der Waals surface area contributed by atoms with Gasteiger partial charge in [0.25, 0.3) is 0 Å². The molecule has 5 aromatic rings. The zero-order valence-electron chi connectivity index (χ0n) is 16.2. The van der Waals surface area contributed by atoms with Gasteiger partial charge in [-0.05, 0) is 66.2 Å². The average Bonchev–Trinajstić information content (AvgIpc) is 3.15. The van der Waals surface area contributed by atoms with E-state index in [-0.39, 0.29) is 11.5 Å². The van der Waals surface area contributed by atoms with Crippen LogP contribution in [0.5, 0.6) is 5.75 Å². The van der Waals surface area contributed by atoms with E-state index < -0.39 is 5.97 Å². The fourth-order valence-corrected chi connectivity index (χ4v) is 3.55. The van der Waals surface area contributed by atoms with Crippen LogP contribution >= 0.6 is 0 Å². The molecule has 0 aliphatic heterocycles. The number of benzene rings is 2. The largest absolute Gasteiger partial charge is 0.489 e. The number of nitrogens with zero attached hydrogens (tertiary/aromatic N) is 2. The molecular formula is C24H16FN3O3. The van der Waals surface area contributed by atoms with Crippen molar-refractivity contribution in [1.82, 2.24) is 15.0 Å². The Balaban J connectivity index is 1.55. The van der Waals surface area contributed by atoms with Gasteiger partial charge in [0, 0.05) is 34.2 Å². The molecule has 5 rings (SSSR count). The molecule has 152 valence electrons. The van der Waals surface area contributed by atoms with Gasteiger partial charge >= 0.3 is 5.97 Å². The van der Waals surface area contributed by atoms with E-state index in [9.17, 15) is 14.3 Å². The molecule has 0 atom stereocenters. The van der Waals surface area contributed by atoms with Crippen LogP contribution in [0.4, 0.5) is 4.39 Å². The van der Waals surface area contributed by atoms with Gasteiger partial charge in [0.05, 0.1) is 11.2 Å². The number of fused-ring (bicyclic) bond motifs is 3. The second-order valence-electron chi connectivity index (χ2n) is 7.07. The van der Waals surface area contributed by atoms with Crippen molar-refractivity contribution >= 4 is 27.8 Å². The summed E-state index contributed by atoms with van der Waals surface area (Å²) in [7, 11) is 0. The molecule has 0 aliphatic rings. The summed E-state index contributed by atoms with van der Waals surface area (Å²) in [5.74, 6) is -0.829. The number of carbonyl (C=O) groups is 1. The lowest BCUT2D eigenvalue weighted by molar-refractivity contribution is 0.0691. The molecule has 31 heavy (non-hydrogen) atoms. The van der Waals surface area contributed by atoms with Crippen molar-refractivity contribution in [2.45, 2.75) is 6.61 Å². The van der Waals surface area contributed by atoms with Crippen molar-refractivity contribution in [1.29, 1.82) is 0 Å². The van der Waals surface area contributed by atoms with Crippen LogP contribution < -0.4 is 4.74 Å². The van der Waals surface area contributed by atoms with Crippen molar-refractivity contribution in [2.75, 3.05) is 0 Å². The normalized spacial score (nSPS) is 11.1. The lowest BCUT2D eigenvalue weighted by atomic mass is 10.1. The van der Waals surface area contributed by atoms with Crippen molar-refractivity contribution in [3.8, 4) is 17.0 Å². The zero-order valence-corrected chi connectivity index (χ0v) is 16.2. The minimum absolute atomic E-state index is 0.0780. The first-order valence-corrected chi connectivity index (χ1v) is 9.56. The number of aromatic carboxylic acids is 1. The number of ether oxygens (including phenoxy) is 1. The van der Waals surface area contributed by atoms with Gasteiger partial charge in [-0.1, -0.05) is 0 Å². The van der Waals surface area contributed by atoms with Crippen LogP contribution in [-0.4, -0.2) is 26.0 Å². The van der Waals surface area contributed by atoms with Crippen LogP contribution in [0, 0.1) is 5.82 Å². The fraction of sp³-hybridized carbons (Fsp3) is 0.0417. The number of hydrogen-bond acceptors (Lipinski definition) is 4.